The molecule has 22 heteroatoms. The van der Waals surface area contributed by atoms with E-state index in [-0.39, 0.29) is 13.1 Å². The van der Waals surface area contributed by atoms with Crippen molar-refractivity contribution in [2.24, 2.45) is 0 Å². The van der Waals surface area contributed by atoms with Gasteiger partial charge in [0.2, 0.25) is 0 Å². The van der Waals surface area contributed by atoms with Crippen LogP contribution in [-0.2, 0) is 36.4 Å². The van der Waals surface area contributed by atoms with E-state index >= 15 is 0 Å². The van der Waals surface area contributed by atoms with Gasteiger partial charge in [0, 0.05) is 13.1 Å². The first-order valence-corrected chi connectivity index (χ1v) is 14.7. The summed E-state index contributed by atoms with van der Waals surface area (Å²) in [5.41, 5.74) is 0. The summed E-state index contributed by atoms with van der Waals surface area (Å²) in [6.07, 6.45) is 1.75. The lowest BCUT2D eigenvalue weighted by Crippen LogP contribution is -2.30. The largest absolute Gasteiger partial charge is 0.470 e. The fourth-order valence-corrected chi connectivity index (χ4v) is 3.24. The Balaban J connectivity index is 4.43. The number of hydrogen-bond donors (Lipinski definition) is 8. The third-order valence-corrected chi connectivity index (χ3v) is 5.14. The van der Waals surface area contributed by atoms with E-state index in [2.05, 4.69) is 18.1 Å². The summed E-state index contributed by atoms with van der Waals surface area (Å²) in [5.74, 6) is 0. The van der Waals surface area contributed by atoms with Gasteiger partial charge in [-0.05, 0) is 12.8 Å². The first-order chi connectivity index (χ1) is 14.4. The van der Waals surface area contributed by atoms with E-state index in [1.807, 2.05) is 0 Å². The van der Waals surface area contributed by atoms with Gasteiger partial charge in [-0.1, -0.05) is 12.8 Å². The highest BCUT2D eigenvalue weighted by Crippen LogP contribution is 2.39. The van der Waals surface area contributed by atoms with Crippen molar-refractivity contribution in [2.45, 2.75) is 25.7 Å². The highest BCUT2D eigenvalue weighted by atomic mass is 31.2. The zero-order valence-corrected chi connectivity index (χ0v) is 20.2. The molecule has 18 nitrogen and oxygen atoms in total. The first-order valence-electron chi connectivity index (χ1n) is 8.61. The maximum absolute atomic E-state index is 10.8. The Morgan fingerprint density at radius 2 is 0.656 bits per heavy atom. The quantitative estimate of drug-likeness (QED) is 0.0561. The van der Waals surface area contributed by atoms with Crippen molar-refractivity contribution in [3.8, 4) is 0 Å². The standard InChI is InChI=1S/C10H28N2O16P4/c13-29(14,15)25-7-11(8-26-30(16,17)18)5-3-1-2-4-6-12(9-27-31(19,20)21)10-28-32(22,23)24/h1-10H2,(H2,13,14,15)(H2,16,17,18)(H2,19,20,21)(H2,22,23,24). The Labute approximate surface area is 183 Å². The van der Waals surface area contributed by atoms with Gasteiger partial charge >= 0.3 is 31.3 Å². The molecule has 32 heavy (non-hydrogen) atoms. The molecule has 0 radical (unpaired) electrons. The van der Waals surface area contributed by atoms with E-state index in [0.717, 1.165) is 9.80 Å². The SMILES string of the molecule is O=P(O)(O)OCN(CCCCCCN(COP(=O)(O)O)COP(=O)(O)O)COP(=O)(O)O. The molecule has 0 aliphatic heterocycles. The molecule has 0 fully saturated rings. The fraction of sp³-hybridized carbons (Fsp3) is 1.00. The van der Waals surface area contributed by atoms with E-state index in [1.165, 1.54) is 0 Å². The summed E-state index contributed by atoms with van der Waals surface area (Å²) in [5, 5.41) is 0. The van der Waals surface area contributed by atoms with Crippen LogP contribution < -0.4 is 0 Å². The molecule has 0 saturated carbocycles. The third kappa shape index (κ3) is 23.5. The average molecular weight is 556 g/mol. The van der Waals surface area contributed by atoms with Crippen LogP contribution in [0.25, 0.3) is 0 Å². The van der Waals surface area contributed by atoms with E-state index in [9.17, 15) is 18.3 Å². The molecule has 0 heterocycles. The van der Waals surface area contributed by atoms with Crippen molar-refractivity contribution in [1.29, 1.82) is 0 Å². The number of nitrogens with zero attached hydrogens (tertiary/aromatic N) is 2. The van der Waals surface area contributed by atoms with Crippen LogP contribution in [0.4, 0.5) is 0 Å². The summed E-state index contributed by atoms with van der Waals surface area (Å²) >= 11 is 0. The van der Waals surface area contributed by atoms with Gasteiger partial charge in [0.15, 0.2) is 0 Å². The molecule has 0 amide bonds. The minimum atomic E-state index is -4.81. The van der Waals surface area contributed by atoms with Crippen LogP contribution in [-0.4, -0.2) is 89.0 Å². The molecule has 0 saturated heterocycles. The van der Waals surface area contributed by atoms with E-state index in [0.29, 0.717) is 25.7 Å². The second kappa shape index (κ2) is 14.7. The smallest absolute Gasteiger partial charge is 0.303 e. The van der Waals surface area contributed by atoms with Crippen LogP contribution in [0.2, 0.25) is 0 Å². The van der Waals surface area contributed by atoms with Gasteiger partial charge in [0.1, 0.15) is 26.9 Å². The van der Waals surface area contributed by atoms with Crippen molar-refractivity contribution in [2.75, 3.05) is 40.0 Å². The molecule has 0 aromatic rings. The molecular formula is C10H28N2O16P4. The minimum absolute atomic E-state index is 0.0896. The van der Waals surface area contributed by atoms with Crippen molar-refractivity contribution < 1.29 is 75.5 Å². The molecule has 194 valence electrons. The second-order valence-electron chi connectivity index (χ2n) is 6.20. The summed E-state index contributed by atoms with van der Waals surface area (Å²) < 4.78 is 60.2. The van der Waals surface area contributed by atoms with Gasteiger partial charge in [-0.25, -0.2) is 18.3 Å². The average Bonchev–Trinajstić information content (AvgIpc) is 2.57. The Morgan fingerprint density at radius 1 is 0.438 bits per heavy atom. The van der Waals surface area contributed by atoms with Crippen LogP contribution in [0.3, 0.4) is 0 Å². The highest BCUT2D eigenvalue weighted by molar-refractivity contribution is 7.47. The Morgan fingerprint density at radius 3 is 0.844 bits per heavy atom. The third-order valence-electron chi connectivity index (χ3n) is 3.33. The number of rotatable bonds is 19. The predicted octanol–water partition coefficient (Wildman–Crippen LogP) is -0.582. The molecule has 0 aromatic heterocycles. The predicted molar refractivity (Wildman–Crippen MR) is 104 cm³/mol. The van der Waals surface area contributed by atoms with Crippen LogP contribution in [0.15, 0.2) is 0 Å². The molecule has 0 aliphatic rings. The van der Waals surface area contributed by atoms with Gasteiger partial charge in [-0.15, -0.1) is 0 Å². The zero-order valence-electron chi connectivity index (χ0n) is 16.6. The topological polar surface area (TPSA) is 274 Å². The number of phosphoric ester groups is 4. The molecule has 8 N–H and O–H groups in total. The molecule has 0 atom stereocenters. The Bertz CT molecular complexity index is 602. The Hall–Kier alpha value is 0.360. The van der Waals surface area contributed by atoms with Crippen LogP contribution in [0.1, 0.15) is 25.7 Å². The van der Waals surface area contributed by atoms with Gasteiger partial charge in [0.25, 0.3) is 0 Å². The van der Waals surface area contributed by atoms with Crippen molar-refractivity contribution >= 4 is 31.3 Å². The molecule has 0 unspecified atom stereocenters. The molecule has 0 spiro atoms. The zero-order chi connectivity index (χ0) is 25.1. The maximum atomic E-state index is 10.8. The fourth-order valence-electron chi connectivity index (χ4n) is 1.98. The lowest BCUT2D eigenvalue weighted by atomic mass is 10.2. The highest BCUT2D eigenvalue weighted by Gasteiger charge is 2.21. The molecule has 0 bridgehead atoms. The van der Waals surface area contributed by atoms with Crippen LogP contribution in [0, 0.1) is 0 Å². The van der Waals surface area contributed by atoms with E-state index in [4.69, 9.17) is 39.1 Å². The molecule has 0 aliphatic carbocycles. The van der Waals surface area contributed by atoms with Crippen LogP contribution in [0.5, 0.6) is 0 Å². The maximum Gasteiger partial charge on any atom is 0.470 e. The number of phosphoric acid groups is 4. The first kappa shape index (κ1) is 32.4. The molecule has 0 rings (SSSR count). The lowest BCUT2D eigenvalue weighted by molar-refractivity contribution is 0.0208. The normalized spacial score (nSPS) is 13.9. The lowest BCUT2D eigenvalue weighted by Gasteiger charge is -2.23. The van der Waals surface area contributed by atoms with Gasteiger partial charge in [-0.3, -0.25) is 27.9 Å². The monoisotopic (exact) mass is 556 g/mol. The minimum Gasteiger partial charge on any atom is -0.303 e. The van der Waals surface area contributed by atoms with Crippen LogP contribution >= 0.6 is 31.3 Å². The van der Waals surface area contributed by atoms with Crippen molar-refractivity contribution in [3.05, 3.63) is 0 Å². The number of unbranched alkanes of at least 4 members (excludes halogenated alkanes) is 3. The van der Waals surface area contributed by atoms with Crippen molar-refractivity contribution in [3.63, 3.8) is 0 Å². The molecular weight excluding hydrogens is 528 g/mol. The summed E-state index contributed by atoms with van der Waals surface area (Å²) in [4.78, 5) is 72.0. The van der Waals surface area contributed by atoms with Gasteiger partial charge < -0.3 is 39.1 Å². The van der Waals surface area contributed by atoms with E-state index in [1.54, 1.807) is 0 Å². The molecule has 0 aromatic carbocycles. The van der Waals surface area contributed by atoms with E-state index < -0.39 is 58.2 Å². The number of hydrogen-bond acceptors (Lipinski definition) is 10. The van der Waals surface area contributed by atoms with Gasteiger partial charge in [-0.2, -0.15) is 0 Å². The second-order valence-corrected chi connectivity index (χ2v) is 11.2. The van der Waals surface area contributed by atoms with Crippen molar-refractivity contribution in [1.82, 2.24) is 9.80 Å². The summed E-state index contributed by atoms with van der Waals surface area (Å²) in [7, 11) is -19.3. The summed E-state index contributed by atoms with van der Waals surface area (Å²) in [6, 6.07) is 0. The van der Waals surface area contributed by atoms with Gasteiger partial charge in [0.05, 0.1) is 0 Å². The Kier molecular flexibility index (Phi) is 14.9. The summed E-state index contributed by atoms with van der Waals surface area (Å²) in [6.45, 7) is -2.44.